The fourth-order valence-corrected chi connectivity index (χ4v) is 8.12. The maximum atomic E-state index is 15.5. The number of nitrogens with zero attached hydrogens (tertiary/aromatic N) is 4. The molecule has 1 fully saturated rings. The molecule has 0 bridgehead atoms. The summed E-state index contributed by atoms with van der Waals surface area (Å²) in [6, 6.07) is 25.9. The van der Waals surface area contributed by atoms with Gasteiger partial charge in [0.05, 0.1) is 11.7 Å². The van der Waals surface area contributed by atoms with Gasteiger partial charge in [0, 0.05) is 34.6 Å². The van der Waals surface area contributed by atoms with Crippen LogP contribution in [0.3, 0.4) is 0 Å². The minimum absolute atomic E-state index is 0.0874. The highest BCUT2D eigenvalue weighted by molar-refractivity contribution is 5.94. The van der Waals surface area contributed by atoms with Crippen molar-refractivity contribution in [1.82, 2.24) is 19.8 Å². The SMILES string of the molecule is C=CCCC(C(=C)C)N(CC)C(=O)c1ccc(C2CCN(CCCCCCCc3cccc(-c4cc(C)nc(/C(=C(/C)N)c5ccccc5)n4)c3)CC2)c(F)c1. The molecule has 5 rings (SSSR count). The van der Waals surface area contributed by atoms with Crippen molar-refractivity contribution in [3.63, 3.8) is 0 Å². The topological polar surface area (TPSA) is 75.4 Å². The van der Waals surface area contributed by atoms with E-state index < -0.39 is 0 Å². The summed E-state index contributed by atoms with van der Waals surface area (Å²) in [4.78, 5) is 27.5. The predicted molar refractivity (Wildman–Crippen MR) is 231 cm³/mol. The van der Waals surface area contributed by atoms with E-state index in [0.717, 1.165) is 97.4 Å². The number of carbonyl (C=O) groups is 1. The molecule has 0 aliphatic carbocycles. The third kappa shape index (κ3) is 11.3. The molecule has 3 aromatic carbocycles. The summed E-state index contributed by atoms with van der Waals surface area (Å²) < 4.78 is 15.5. The number of likely N-dealkylation sites (tertiary alicyclic amines) is 1. The van der Waals surface area contributed by atoms with Gasteiger partial charge < -0.3 is 15.5 Å². The molecule has 56 heavy (non-hydrogen) atoms. The van der Waals surface area contributed by atoms with Crippen molar-refractivity contribution in [2.75, 3.05) is 26.2 Å². The Balaban J connectivity index is 1.04. The van der Waals surface area contributed by atoms with Crippen molar-refractivity contribution in [1.29, 1.82) is 0 Å². The summed E-state index contributed by atoms with van der Waals surface area (Å²) in [7, 11) is 0. The average Bonchev–Trinajstić information content (AvgIpc) is 3.19. The normalized spacial score (nSPS) is 14.6. The lowest BCUT2D eigenvalue weighted by Gasteiger charge is -2.33. The second-order valence-electron chi connectivity index (χ2n) is 15.5. The number of halogens is 1. The van der Waals surface area contributed by atoms with Gasteiger partial charge in [-0.2, -0.15) is 0 Å². The number of unbranched alkanes of at least 4 members (excludes halogenated alkanes) is 4. The van der Waals surface area contributed by atoms with E-state index in [-0.39, 0.29) is 23.7 Å². The second-order valence-corrected chi connectivity index (χ2v) is 15.5. The Kier molecular flexibility index (Phi) is 15.8. The van der Waals surface area contributed by atoms with E-state index in [4.69, 9.17) is 15.7 Å². The van der Waals surface area contributed by atoms with E-state index in [0.29, 0.717) is 23.6 Å². The largest absolute Gasteiger partial charge is 0.402 e. The summed E-state index contributed by atoms with van der Waals surface area (Å²) in [6.07, 6.45) is 12.4. The van der Waals surface area contributed by atoms with Gasteiger partial charge in [0.2, 0.25) is 0 Å². The molecule has 1 unspecified atom stereocenters. The molecule has 1 aromatic heterocycles. The number of hydrogen-bond acceptors (Lipinski definition) is 5. The van der Waals surface area contributed by atoms with Crippen LogP contribution < -0.4 is 5.73 Å². The van der Waals surface area contributed by atoms with Gasteiger partial charge in [-0.15, -0.1) is 6.58 Å². The average molecular weight is 756 g/mol. The lowest BCUT2D eigenvalue weighted by molar-refractivity contribution is 0.0709. The zero-order valence-corrected chi connectivity index (χ0v) is 34.2. The number of amides is 1. The van der Waals surface area contributed by atoms with E-state index in [1.54, 1.807) is 4.90 Å². The molecule has 2 heterocycles. The number of likely N-dealkylation sites (N-methyl/N-ethyl adjacent to an activating group) is 1. The van der Waals surface area contributed by atoms with Crippen LogP contribution in [0, 0.1) is 12.7 Å². The molecule has 1 amide bonds. The first kappa shape index (κ1) is 42.3. The van der Waals surface area contributed by atoms with Gasteiger partial charge in [0.1, 0.15) is 5.82 Å². The molecule has 6 nitrogen and oxygen atoms in total. The number of rotatable bonds is 19. The van der Waals surface area contributed by atoms with Crippen LogP contribution in [0.2, 0.25) is 0 Å². The number of nitrogens with two attached hydrogens (primary N) is 1. The zero-order chi connectivity index (χ0) is 40.0. The Hall–Kier alpha value is -4.88. The Morgan fingerprint density at radius 1 is 0.946 bits per heavy atom. The van der Waals surface area contributed by atoms with Crippen molar-refractivity contribution in [3.05, 3.63) is 149 Å². The Morgan fingerprint density at radius 2 is 1.68 bits per heavy atom. The number of piperidine rings is 1. The number of benzene rings is 3. The van der Waals surface area contributed by atoms with E-state index in [2.05, 4.69) is 42.3 Å². The van der Waals surface area contributed by atoms with Crippen LogP contribution in [0.5, 0.6) is 0 Å². The van der Waals surface area contributed by atoms with Crippen LogP contribution >= 0.6 is 0 Å². The van der Waals surface area contributed by atoms with Crippen molar-refractivity contribution >= 4 is 11.5 Å². The number of allylic oxidation sites excluding steroid dienone is 2. The van der Waals surface area contributed by atoms with E-state index in [1.165, 1.54) is 37.3 Å². The summed E-state index contributed by atoms with van der Waals surface area (Å²) >= 11 is 0. The fourth-order valence-electron chi connectivity index (χ4n) is 8.12. The smallest absolute Gasteiger partial charge is 0.254 e. The first-order chi connectivity index (χ1) is 27.1. The van der Waals surface area contributed by atoms with Crippen LogP contribution in [-0.2, 0) is 6.42 Å². The Morgan fingerprint density at radius 3 is 2.36 bits per heavy atom. The highest BCUT2D eigenvalue weighted by Crippen LogP contribution is 2.32. The number of carbonyl (C=O) groups excluding carboxylic acids is 1. The van der Waals surface area contributed by atoms with Crippen LogP contribution in [0.15, 0.2) is 109 Å². The highest BCUT2D eigenvalue weighted by Gasteiger charge is 2.27. The van der Waals surface area contributed by atoms with Gasteiger partial charge in [0.25, 0.3) is 5.91 Å². The number of aromatic nitrogens is 2. The van der Waals surface area contributed by atoms with Crippen LogP contribution in [-0.4, -0.2) is 57.9 Å². The minimum Gasteiger partial charge on any atom is -0.402 e. The first-order valence-electron chi connectivity index (χ1n) is 20.7. The molecule has 0 spiro atoms. The quantitative estimate of drug-likeness (QED) is 0.0762. The first-order valence-corrected chi connectivity index (χ1v) is 20.7. The second kappa shape index (κ2) is 20.9. The van der Waals surface area contributed by atoms with Gasteiger partial charge >= 0.3 is 0 Å². The molecule has 4 aromatic rings. The Bertz CT molecular complexity index is 1960. The van der Waals surface area contributed by atoms with Crippen LogP contribution in [0.25, 0.3) is 16.8 Å². The summed E-state index contributed by atoms with van der Waals surface area (Å²) in [5.41, 5.74) is 15.3. The maximum Gasteiger partial charge on any atom is 0.254 e. The molecular weight excluding hydrogens is 694 g/mol. The molecule has 0 radical (unpaired) electrons. The lowest BCUT2D eigenvalue weighted by Crippen LogP contribution is -2.40. The fraction of sp³-hybridized carbons (Fsp3) is 0.408. The van der Waals surface area contributed by atoms with Crippen molar-refractivity contribution < 1.29 is 9.18 Å². The van der Waals surface area contributed by atoms with Gasteiger partial charge in [-0.25, -0.2) is 14.4 Å². The van der Waals surface area contributed by atoms with Crippen molar-refractivity contribution in [2.45, 2.75) is 104 Å². The number of aryl methyl sites for hydroxylation is 2. The molecular formula is C49H62FN5O. The molecule has 1 aliphatic heterocycles. The Labute approximate surface area is 335 Å². The van der Waals surface area contributed by atoms with Gasteiger partial charge in [-0.3, -0.25) is 4.79 Å². The van der Waals surface area contributed by atoms with Crippen LogP contribution in [0.1, 0.15) is 123 Å². The molecule has 2 N–H and O–H groups in total. The third-order valence-electron chi connectivity index (χ3n) is 11.2. The lowest BCUT2D eigenvalue weighted by atomic mass is 9.88. The third-order valence-corrected chi connectivity index (χ3v) is 11.2. The zero-order valence-electron chi connectivity index (χ0n) is 34.2. The summed E-state index contributed by atoms with van der Waals surface area (Å²) in [5.74, 6) is 0.434. The highest BCUT2D eigenvalue weighted by atomic mass is 19.1. The molecule has 0 saturated carbocycles. The molecule has 1 atom stereocenters. The standard InChI is InChI=1S/C49H62FN5O/c1-7-9-24-46(35(3)4)55(8-2)49(56)42-25-26-43(44(50)34-42)39-27-30-54(31-28-39)29-17-12-10-11-14-19-38-20-18-23-41(33-38)45-32-36(5)52-48(53-45)47(37(6)51)40-21-15-13-16-22-40/h7,13,15-16,18,20-23,25-26,32-34,39,46H,1,3,8-12,14,17,19,24,27-31,51H2,2,4-6H3/b47-37-. The predicted octanol–water partition coefficient (Wildman–Crippen LogP) is 11.1. The van der Waals surface area contributed by atoms with E-state index in [1.807, 2.05) is 82.3 Å². The van der Waals surface area contributed by atoms with Crippen molar-refractivity contribution in [3.8, 4) is 11.3 Å². The maximum absolute atomic E-state index is 15.5. The van der Waals surface area contributed by atoms with Crippen LogP contribution in [0.4, 0.5) is 4.39 Å². The molecule has 7 heteroatoms. The van der Waals surface area contributed by atoms with E-state index in [9.17, 15) is 4.79 Å². The monoisotopic (exact) mass is 755 g/mol. The summed E-state index contributed by atoms with van der Waals surface area (Å²) in [6.45, 7) is 19.4. The number of hydrogen-bond donors (Lipinski definition) is 1. The molecule has 1 saturated heterocycles. The van der Waals surface area contributed by atoms with E-state index >= 15 is 4.39 Å². The minimum atomic E-state index is -0.263. The summed E-state index contributed by atoms with van der Waals surface area (Å²) in [5, 5.41) is 0. The molecule has 296 valence electrons. The molecule has 1 aliphatic rings. The van der Waals surface area contributed by atoms with Gasteiger partial charge in [-0.05, 0) is 139 Å². The van der Waals surface area contributed by atoms with Crippen molar-refractivity contribution in [2.24, 2.45) is 5.73 Å². The van der Waals surface area contributed by atoms with Gasteiger partial charge in [0.15, 0.2) is 5.82 Å². The van der Waals surface area contributed by atoms with Gasteiger partial charge in [-0.1, -0.05) is 92.1 Å².